The standard InChI is InChI=1S/C22H29FO5/c1-14(2)18-9-4-15(3)12-20(18)28-22(26)13-27-21(25)11-10-19(24)16-5-7-17(23)8-6-16/h5-8,14-15,18,20H,4,9-13H2,1-3H3/t15-,18+,20+/m0/s1. The first kappa shape index (κ1) is 22.1. The Balaban J connectivity index is 1.73. The van der Waals surface area contributed by atoms with E-state index in [1.165, 1.54) is 24.3 Å². The molecule has 0 aromatic heterocycles. The van der Waals surface area contributed by atoms with Gasteiger partial charge in [0.2, 0.25) is 0 Å². The first-order valence-electron chi connectivity index (χ1n) is 9.90. The molecule has 6 heteroatoms. The van der Waals surface area contributed by atoms with Crippen LogP contribution >= 0.6 is 0 Å². The van der Waals surface area contributed by atoms with Crippen molar-refractivity contribution >= 4 is 17.7 Å². The first-order valence-corrected chi connectivity index (χ1v) is 9.90. The molecule has 0 radical (unpaired) electrons. The Morgan fingerprint density at radius 2 is 1.75 bits per heavy atom. The van der Waals surface area contributed by atoms with Crippen molar-refractivity contribution in [1.82, 2.24) is 0 Å². The second kappa shape index (κ2) is 10.3. The number of hydrogen-bond donors (Lipinski definition) is 0. The molecule has 2 rings (SSSR count). The molecule has 1 saturated carbocycles. The Hall–Kier alpha value is -2.24. The summed E-state index contributed by atoms with van der Waals surface area (Å²) >= 11 is 0. The minimum absolute atomic E-state index is 0.0604. The summed E-state index contributed by atoms with van der Waals surface area (Å²) < 4.78 is 23.4. The lowest BCUT2D eigenvalue weighted by molar-refractivity contribution is -0.167. The van der Waals surface area contributed by atoms with Crippen molar-refractivity contribution in [3.63, 3.8) is 0 Å². The van der Waals surface area contributed by atoms with Gasteiger partial charge in [0.25, 0.3) is 0 Å². The lowest BCUT2D eigenvalue weighted by Crippen LogP contribution is -2.36. The minimum Gasteiger partial charge on any atom is -0.460 e. The molecule has 0 aliphatic heterocycles. The third-order valence-electron chi connectivity index (χ3n) is 5.32. The average Bonchev–Trinajstić information content (AvgIpc) is 2.64. The van der Waals surface area contributed by atoms with Crippen molar-refractivity contribution in [3.8, 4) is 0 Å². The quantitative estimate of drug-likeness (QED) is 0.486. The van der Waals surface area contributed by atoms with Gasteiger partial charge < -0.3 is 9.47 Å². The van der Waals surface area contributed by atoms with Crippen LogP contribution in [0.2, 0.25) is 0 Å². The van der Waals surface area contributed by atoms with Crippen molar-refractivity contribution in [2.75, 3.05) is 6.61 Å². The molecule has 1 aliphatic rings. The molecule has 0 amide bonds. The summed E-state index contributed by atoms with van der Waals surface area (Å²) in [5.74, 6) is -0.646. The van der Waals surface area contributed by atoms with Crippen LogP contribution in [0.3, 0.4) is 0 Å². The lowest BCUT2D eigenvalue weighted by atomic mass is 9.75. The Labute approximate surface area is 165 Å². The van der Waals surface area contributed by atoms with Gasteiger partial charge in [-0.25, -0.2) is 9.18 Å². The zero-order valence-corrected chi connectivity index (χ0v) is 16.8. The fourth-order valence-electron chi connectivity index (χ4n) is 3.66. The molecule has 0 unspecified atom stereocenters. The highest BCUT2D eigenvalue weighted by Crippen LogP contribution is 2.35. The highest BCUT2D eigenvalue weighted by atomic mass is 19.1. The molecular formula is C22H29FO5. The monoisotopic (exact) mass is 392 g/mol. The maximum Gasteiger partial charge on any atom is 0.344 e. The van der Waals surface area contributed by atoms with Crippen LogP contribution in [0.4, 0.5) is 4.39 Å². The fourth-order valence-corrected chi connectivity index (χ4v) is 3.66. The summed E-state index contributed by atoms with van der Waals surface area (Å²) in [5.41, 5.74) is 0.333. The summed E-state index contributed by atoms with van der Waals surface area (Å²) in [6.45, 7) is 5.95. The maximum atomic E-state index is 12.9. The van der Waals surface area contributed by atoms with Gasteiger partial charge in [-0.05, 0) is 54.9 Å². The summed E-state index contributed by atoms with van der Waals surface area (Å²) in [7, 11) is 0. The molecule has 0 saturated heterocycles. The van der Waals surface area contributed by atoms with Crippen LogP contribution in [0, 0.1) is 23.6 Å². The molecule has 0 bridgehead atoms. The smallest absolute Gasteiger partial charge is 0.344 e. The number of rotatable bonds is 8. The van der Waals surface area contributed by atoms with Crippen LogP contribution in [-0.4, -0.2) is 30.4 Å². The van der Waals surface area contributed by atoms with Gasteiger partial charge in [0.05, 0.1) is 6.42 Å². The summed E-state index contributed by atoms with van der Waals surface area (Å²) in [4.78, 5) is 35.9. The van der Waals surface area contributed by atoms with Gasteiger partial charge in [0.15, 0.2) is 12.4 Å². The van der Waals surface area contributed by atoms with E-state index in [4.69, 9.17) is 9.47 Å². The Morgan fingerprint density at radius 1 is 1.07 bits per heavy atom. The topological polar surface area (TPSA) is 69.7 Å². The maximum absolute atomic E-state index is 12.9. The van der Waals surface area contributed by atoms with Gasteiger partial charge in [0.1, 0.15) is 11.9 Å². The van der Waals surface area contributed by atoms with Crippen LogP contribution in [0.25, 0.3) is 0 Å². The summed E-state index contributed by atoms with van der Waals surface area (Å²) in [5, 5.41) is 0. The van der Waals surface area contributed by atoms with E-state index in [9.17, 15) is 18.8 Å². The fraction of sp³-hybridized carbons (Fsp3) is 0.591. The van der Waals surface area contributed by atoms with Crippen LogP contribution < -0.4 is 0 Å². The van der Waals surface area contributed by atoms with Crippen molar-refractivity contribution in [3.05, 3.63) is 35.6 Å². The van der Waals surface area contributed by atoms with Crippen molar-refractivity contribution in [1.29, 1.82) is 0 Å². The first-order chi connectivity index (χ1) is 13.3. The second-order valence-electron chi connectivity index (χ2n) is 7.95. The molecule has 1 aromatic rings. The zero-order chi connectivity index (χ0) is 20.7. The molecule has 1 aromatic carbocycles. The Morgan fingerprint density at radius 3 is 2.39 bits per heavy atom. The van der Waals surface area contributed by atoms with Crippen molar-refractivity contribution < 1.29 is 28.2 Å². The molecule has 0 spiro atoms. The van der Waals surface area contributed by atoms with Gasteiger partial charge >= 0.3 is 11.9 Å². The number of Topliss-reactive ketones (excluding diaryl/α,β-unsaturated/α-hetero) is 1. The van der Waals surface area contributed by atoms with E-state index in [1.807, 2.05) is 0 Å². The predicted octanol–water partition coefficient (Wildman–Crippen LogP) is 4.34. The second-order valence-corrected chi connectivity index (χ2v) is 7.95. The molecule has 0 heterocycles. The highest BCUT2D eigenvalue weighted by molar-refractivity contribution is 5.97. The molecule has 1 aliphatic carbocycles. The van der Waals surface area contributed by atoms with Gasteiger partial charge in [-0.3, -0.25) is 9.59 Å². The molecule has 3 atom stereocenters. The molecule has 1 fully saturated rings. The van der Waals surface area contributed by atoms with Crippen LogP contribution in [0.15, 0.2) is 24.3 Å². The highest BCUT2D eigenvalue weighted by Gasteiger charge is 2.33. The van der Waals surface area contributed by atoms with E-state index in [0.717, 1.165) is 19.3 Å². The minimum atomic E-state index is -0.634. The number of carbonyl (C=O) groups is 3. The van der Waals surface area contributed by atoms with Crippen molar-refractivity contribution in [2.24, 2.45) is 17.8 Å². The summed E-state index contributed by atoms with van der Waals surface area (Å²) in [6.07, 6.45) is 2.65. The van der Waals surface area contributed by atoms with E-state index in [-0.39, 0.29) is 24.7 Å². The third kappa shape index (κ3) is 6.73. The SMILES string of the molecule is CC(C)[C@H]1CC[C@H](C)C[C@H]1OC(=O)COC(=O)CCC(=O)c1ccc(F)cc1. The van der Waals surface area contributed by atoms with E-state index in [1.54, 1.807) is 0 Å². The normalized spacial score (nSPS) is 22.0. The molecule has 154 valence electrons. The zero-order valence-electron chi connectivity index (χ0n) is 16.8. The number of carbonyl (C=O) groups excluding carboxylic acids is 3. The molecule has 5 nitrogen and oxygen atoms in total. The number of benzene rings is 1. The van der Waals surface area contributed by atoms with E-state index in [2.05, 4.69) is 20.8 Å². The molecule has 0 N–H and O–H groups in total. The molecular weight excluding hydrogens is 363 g/mol. The number of ether oxygens (including phenoxy) is 2. The van der Waals surface area contributed by atoms with Gasteiger partial charge in [-0.1, -0.05) is 27.2 Å². The lowest BCUT2D eigenvalue weighted by Gasteiger charge is -2.36. The van der Waals surface area contributed by atoms with Crippen LogP contribution in [0.1, 0.15) is 63.2 Å². The Bertz CT molecular complexity index is 683. The van der Waals surface area contributed by atoms with E-state index >= 15 is 0 Å². The number of halogens is 1. The third-order valence-corrected chi connectivity index (χ3v) is 5.32. The number of esters is 2. The van der Waals surface area contributed by atoms with Crippen LogP contribution in [0.5, 0.6) is 0 Å². The largest absolute Gasteiger partial charge is 0.460 e. The number of hydrogen-bond acceptors (Lipinski definition) is 5. The average molecular weight is 392 g/mol. The van der Waals surface area contributed by atoms with Crippen LogP contribution in [-0.2, 0) is 19.1 Å². The van der Waals surface area contributed by atoms with Crippen molar-refractivity contribution in [2.45, 2.75) is 59.0 Å². The van der Waals surface area contributed by atoms with Gasteiger partial charge in [-0.15, -0.1) is 0 Å². The molecule has 28 heavy (non-hydrogen) atoms. The van der Waals surface area contributed by atoms with E-state index in [0.29, 0.717) is 23.3 Å². The van der Waals surface area contributed by atoms with E-state index < -0.39 is 24.4 Å². The number of ketones is 1. The van der Waals surface area contributed by atoms with Gasteiger partial charge in [0, 0.05) is 12.0 Å². The summed E-state index contributed by atoms with van der Waals surface area (Å²) in [6, 6.07) is 5.13. The predicted molar refractivity (Wildman–Crippen MR) is 102 cm³/mol. The Kier molecular flexibility index (Phi) is 8.15. The van der Waals surface area contributed by atoms with Gasteiger partial charge in [-0.2, -0.15) is 0 Å².